The molecular formula is C24H16BrNO3S. The van der Waals surface area contributed by atoms with Gasteiger partial charge in [-0.25, -0.2) is 0 Å². The number of thioether (sulfide) groups is 1. The zero-order valence-electron chi connectivity index (χ0n) is 16.0. The molecule has 1 amide bonds. The Morgan fingerprint density at radius 2 is 1.73 bits per heavy atom. The van der Waals surface area contributed by atoms with Crippen LogP contribution >= 0.6 is 27.7 Å². The number of carbonyl (C=O) groups excluding carboxylic acids is 1. The van der Waals surface area contributed by atoms with Crippen LogP contribution in [0.1, 0.15) is 27.7 Å². The van der Waals surface area contributed by atoms with E-state index in [1.54, 1.807) is 40.9 Å². The van der Waals surface area contributed by atoms with Gasteiger partial charge >= 0.3 is 0 Å². The van der Waals surface area contributed by atoms with Crippen molar-refractivity contribution in [2.45, 2.75) is 10.9 Å². The maximum atomic E-state index is 13.5. The number of hydrogen-bond acceptors (Lipinski definition) is 4. The van der Waals surface area contributed by atoms with Gasteiger partial charge in [0, 0.05) is 15.1 Å². The standard InChI is InChI=1S/C24H16BrNO3S/c1-30-17-11-9-14(10-12-17)21-20-22(27)18-7-2-3-8-19(18)29-23(20)24(28)26(21)16-6-4-5-15(25)13-16/h2-13,21H,1H3. The first-order valence-corrected chi connectivity index (χ1v) is 11.4. The molecule has 6 heteroatoms. The molecule has 1 aliphatic heterocycles. The van der Waals surface area contributed by atoms with Crippen LogP contribution in [-0.2, 0) is 0 Å². The number of amides is 1. The van der Waals surface area contributed by atoms with Crippen molar-refractivity contribution in [1.29, 1.82) is 0 Å². The van der Waals surface area contributed by atoms with Gasteiger partial charge in [-0.3, -0.25) is 14.5 Å². The Morgan fingerprint density at radius 1 is 0.967 bits per heavy atom. The second-order valence-corrected chi connectivity index (χ2v) is 8.80. The fourth-order valence-electron chi connectivity index (χ4n) is 3.91. The zero-order valence-corrected chi connectivity index (χ0v) is 18.4. The highest BCUT2D eigenvalue weighted by Gasteiger charge is 2.43. The third kappa shape index (κ3) is 2.99. The molecule has 0 saturated carbocycles. The lowest BCUT2D eigenvalue weighted by Crippen LogP contribution is -2.29. The summed E-state index contributed by atoms with van der Waals surface area (Å²) in [4.78, 5) is 29.7. The quantitative estimate of drug-likeness (QED) is 0.338. The van der Waals surface area contributed by atoms with Crippen molar-refractivity contribution in [2.24, 2.45) is 0 Å². The van der Waals surface area contributed by atoms with Crippen molar-refractivity contribution < 1.29 is 9.21 Å². The van der Waals surface area contributed by atoms with E-state index in [0.29, 0.717) is 22.2 Å². The smallest absolute Gasteiger partial charge is 0.295 e. The van der Waals surface area contributed by atoms with Crippen LogP contribution in [0.5, 0.6) is 0 Å². The van der Waals surface area contributed by atoms with Gasteiger partial charge < -0.3 is 4.42 Å². The summed E-state index contributed by atoms with van der Waals surface area (Å²) >= 11 is 5.13. The van der Waals surface area contributed by atoms with Crippen LogP contribution in [0.15, 0.2) is 91.4 Å². The molecule has 0 spiro atoms. The number of benzene rings is 3. The second-order valence-electron chi connectivity index (χ2n) is 7.00. The fourth-order valence-corrected chi connectivity index (χ4v) is 4.71. The molecule has 0 N–H and O–H groups in total. The Hall–Kier alpha value is -2.83. The third-order valence-corrected chi connectivity index (χ3v) is 6.53. The Labute approximate surface area is 185 Å². The summed E-state index contributed by atoms with van der Waals surface area (Å²) in [5, 5.41) is 0.478. The van der Waals surface area contributed by atoms with Crippen LogP contribution in [0.2, 0.25) is 0 Å². The van der Waals surface area contributed by atoms with Crippen molar-refractivity contribution in [3.63, 3.8) is 0 Å². The molecule has 4 aromatic rings. The highest BCUT2D eigenvalue weighted by Crippen LogP contribution is 2.41. The molecule has 1 aliphatic rings. The minimum atomic E-state index is -0.557. The molecule has 30 heavy (non-hydrogen) atoms. The van der Waals surface area contributed by atoms with Crippen LogP contribution in [0, 0.1) is 0 Å². The van der Waals surface area contributed by atoms with Gasteiger partial charge in [0.05, 0.1) is 17.0 Å². The van der Waals surface area contributed by atoms with Crippen LogP contribution in [0.3, 0.4) is 0 Å². The summed E-state index contributed by atoms with van der Waals surface area (Å²) in [6, 6.07) is 21.9. The van der Waals surface area contributed by atoms with Crippen molar-refractivity contribution >= 4 is 50.3 Å². The first-order valence-electron chi connectivity index (χ1n) is 9.37. The molecule has 1 atom stereocenters. The Bertz CT molecular complexity index is 1350. The average molecular weight is 478 g/mol. The number of halogens is 1. The van der Waals surface area contributed by atoms with Gasteiger partial charge in [-0.05, 0) is 54.3 Å². The second kappa shape index (κ2) is 7.45. The third-order valence-electron chi connectivity index (χ3n) is 5.30. The highest BCUT2D eigenvalue weighted by molar-refractivity contribution is 9.10. The van der Waals surface area contributed by atoms with E-state index in [1.165, 1.54) is 0 Å². The maximum Gasteiger partial charge on any atom is 0.295 e. The predicted molar refractivity (Wildman–Crippen MR) is 124 cm³/mol. The van der Waals surface area contributed by atoms with Crippen LogP contribution in [0.4, 0.5) is 5.69 Å². The lowest BCUT2D eigenvalue weighted by molar-refractivity contribution is 0.0971. The molecule has 5 rings (SSSR count). The molecule has 0 radical (unpaired) electrons. The maximum absolute atomic E-state index is 13.5. The van der Waals surface area contributed by atoms with Crippen molar-refractivity contribution in [3.05, 3.63) is 104 Å². The van der Waals surface area contributed by atoms with E-state index < -0.39 is 6.04 Å². The summed E-state index contributed by atoms with van der Waals surface area (Å²) in [6.45, 7) is 0. The molecule has 4 nitrogen and oxygen atoms in total. The lowest BCUT2D eigenvalue weighted by atomic mass is 9.98. The van der Waals surface area contributed by atoms with Gasteiger partial charge in [-0.15, -0.1) is 11.8 Å². The first kappa shape index (κ1) is 19.2. The Balaban J connectivity index is 1.80. The van der Waals surface area contributed by atoms with E-state index in [2.05, 4.69) is 15.9 Å². The monoisotopic (exact) mass is 477 g/mol. The molecule has 0 saturated heterocycles. The molecule has 0 bridgehead atoms. The van der Waals surface area contributed by atoms with Gasteiger partial charge in [0.2, 0.25) is 5.76 Å². The number of anilines is 1. The molecule has 0 aliphatic carbocycles. The van der Waals surface area contributed by atoms with E-state index in [-0.39, 0.29) is 17.1 Å². The highest BCUT2D eigenvalue weighted by atomic mass is 79.9. The minimum absolute atomic E-state index is 0.109. The molecule has 3 aromatic carbocycles. The summed E-state index contributed by atoms with van der Waals surface area (Å²) in [7, 11) is 0. The van der Waals surface area contributed by atoms with E-state index in [0.717, 1.165) is 14.9 Å². The summed E-state index contributed by atoms with van der Waals surface area (Å²) < 4.78 is 6.82. The summed E-state index contributed by atoms with van der Waals surface area (Å²) in [5.74, 6) is -0.206. The van der Waals surface area contributed by atoms with Gasteiger partial charge in [0.25, 0.3) is 5.91 Å². The van der Waals surface area contributed by atoms with E-state index in [4.69, 9.17) is 4.42 Å². The number of rotatable bonds is 3. The summed E-state index contributed by atoms with van der Waals surface area (Å²) in [6.07, 6.45) is 2.01. The average Bonchev–Trinajstić information content (AvgIpc) is 3.06. The van der Waals surface area contributed by atoms with Gasteiger partial charge in [-0.1, -0.05) is 46.3 Å². The Kier molecular flexibility index (Phi) is 4.76. The van der Waals surface area contributed by atoms with Crippen molar-refractivity contribution in [3.8, 4) is 0 Å². The number of para-hydroxylation sites is 1. The number of carbonyl (C=O) groups is 1. The number of nitrogens with zero attached hydrogens (tertiary/aromatic N) is 1. The Morgan fingerprint density at radius 3 is 2.47 bits per heavy atom. The van der Waals surface area contributed by atoms with Gasteiger partial charge in [0.1, 0.15) is 5.58 Å². The van der Waals surface area contributed by atoms with Crippen molar-refractivity contribution in [2.75, 3.05) is 11.2 Å². The van der Waals surface area contributed by atoms with Crippen LogP contribution in [0.25, 0.3) is 11.0 Å². The molecular weight excluding hydrogens is 462 g/mol. The molecule has 2 heterocycles. The molecule has 0 fully saturated rings. The van der Waals surface area contributed by atoms with Gasteiger partial charge in [0.15, 0.2) is 5.43 Å². The number of hydrogen-bond donors (Lipinski definition) is 0. The SMILES string of the molecule is CSc1ccc(C2c3c(oc4ccccc4c3=O)C(=O)N2c2cccc(Br)c2)cc1. The van der Waals surface area contributed by atoms with Gasteiger partial charge in [-0.2, -0.15) is 0 Å². The predicted octanol–water partition coefficient (Wildman–Crippen LogP) is 6.03. The molecule has 1 aromatic heterocycles. The summed E-state index contributed by atoms with van der Waals surface area (Å²) in [5.41, 5.74) is 2.19. The molecule has 1 unspecified atom stereocenters. The number of fused-ring (bicyclic) bond motifs is 2. The minimum Gasteiger partial charge on any atom is -0.450 e. The largest absolute Gasteiger partial charge is 0.450 e. The van der Waals surface area contributed by atoms with E-state index in [9.17, 15) is 9.59 Å². The van der Waals surface area contributed by atoms with Crippen LogP contribution < -0.4 is 10.3 Å². The lowest BCUT2D eigenvalue weighted by Gasteiger charge is -2.25. The fraction of sp³-hybridized carbons (Fsp3) is 0.0833. The van der Waals surface area contributed by atoms with Crippen LogP contribution in [-0.4, -0.2) is 12.2 Å². The van der Waals surface area contributed by atoms with E-state index in [1.807, 2.05) is 54.8 Å². The molecule has 148 valence electrons. The zero-order chi connectivity index (χ0) is 20.8. The normalized spacial score (nSPS) is 15.6. The van der Waals surface area contributed by atoms with Crippen molar-refractivity contribution in [1.82, 2.24) is 0 Å². The topological polar surface area (TPSA) is 50.5 Å². The first-order chi connectivity index (χ1) is 14.6. The van der Waals surface area contributed by atoms with E-state index >= 15 is 0 Å².